The van der Waals surface area contributed by atoms with Gasteiger partial charge in [0.1, 0.15) is 0 Å². The monoisotopic (exact) mass is 168 g/mol. The van der Waals surface area contributed by atoms with Gasteiger partial charge in [0.05, 0.1) is 6.07 Å². The first-order valence-corrected chi connectivity index (χ1v) is 4.91. The molecular weight excluding hydrogens is 148 g/mol. The summed E-state index contributed by atoms with van der Waals surface area (Å²) >= 11 is 0. The summed E-state index contributed by atoms with van der Waals surface area (Å²) in [5.41, 5.74) is 0. The molecule has 1 N–H and O–H groups in total. The number of nitrogens with zero attached hydrogens (tertiary/aromatic N) is 1. The second-order valence-electron chi connectivity index (χ2n) is 3.26. The highest BCUT2D eigenvalue weighted by Crippen LogP contribution is 1.99. The molecular formula is C10H20N2. The van der Waals surface area contributed by atoms with Crippen LogP contribution in [0.15, 0.2) is 0 Å². The minimum absolute atomic E-state index is 0.614. The first-order valence-electron chi connectivity index (χ1n) is 4.91. The normalized spacial score (nSPS) is 12.4. The number of hydrogen-bond donors (Lipinski definition) is 1. The van der Waals surface area contributed by atoms with Gasteiger partial charge in [-0.3, -0.25) is 0 Å². The molecule has 0 aliphatic rings. The van der Waals surface area contributed by atoms with Crippen LogP contribution in [0.25, 0.3) is 0 Å². The van der Waals surface area contributed by atoms with Crippen LogP contribution in [0, 0.1) is 11.3 Å². The molecule has 0 aliphatic carbocycles. The number of unbranched alkanes of at least 4 members (excludes halogenated alkanes) is 2. The van der Waals surface area contributed by atoms with E-state index in [2.05, 4.69) is 25.2 Å². The third kappa shape index (κ3) is 7.56. The largest absolute Gasteiger partial charge is 0.314 e. The van der Waals surface area contributed by atoms with E-state index in [-0.39, 0.29) is 0 Å². The average Bonchev–Trinajstić information content (AvgIpc) is 2.09. The molecule has 0 aromatic rings. The summed E-state index contributed by atoms with van der Waals surface area (Å²) in [6.07, 6.45) is 5.47. The van der Waals surface area contributed by atoms with Crippen molar-refractivity contribution in [2.75, 3.05) is 6.54 Å². The van der Waals surface area contributed by atoms with Gasteiger partial charge in [0.15, 0.2) is 0 Å². The molecule has 0 fully saturated rings. The van der Waals surface area contributed by atoms with Gasteiger partial charge in [0, 0.05) is 12.5 Å². The van der Waals surface area contributed by atoms with Gasteiger partial charge < -0.3 is 5.32 Å². The van der Waals surface area contributed by atoms with Crippen molar-refractivity contribution in [3.63, 3.8) is 0 Å². The van der Waals surface area contributed by atoms with E-state index in [1.807, 2.05) is 0 Å². The lowest BCUT2D eigenvalue weighted by molar-refractivity contribution is 0.491. The minimum Gasteiger partial charge on any atom is -0.314 e. The zero-order valence-corrected chi connectivity index (χ0v) is 8.27. The van der Waals surface area contributed by atoms with E-state index in [1.54, 1.807) is 0 Å². The fraction of sp³-hybridized carbons (Fsp3) is 0.900. The Labute approximate surface area is 76.0 Å². The smallest absolute Gasteiger partial charge is 0.0622 e. The highest BCUT2D eigenvalue weighted by atomic mass is 14.9. The maximum Gasteiger partial charge on any atom is 0.0622 e. The summed E-state index contributed by atoms with van der Waals surface area (Å²) < 4.78 is 0. The van der Waals surface area contributed by atoms with Crippen LogP contribution in [0.4, 0.5) is 0 Å². The van der Waals surface area contributed by atoms with Gasteiger partial charge in [0.25, 0.3) is 0 Å². The molecule has 2 nitrogen and oxygen atoms in total. The quantitative estimate of drug-likeness (QED) is 0.593. The van der Waals surface area contributed by atoms with Crippen molar-refractivity contribution in [1.82, 2.24) is 5.32 Å². The molecule has 0 saturated carbocycles. The van der Waals surface area contributed by atoms with Crippen molar-refractivity contribution in [1.29, 1.82) is 5.26 Å². The standard InChI is InChI=1S/C10H20N2/c1-3-4-7-10(2)12-9-6-5-8-11/h10,12H,3-7,9H2,1-2H3. The third-order valence-electron chi connectivity index (χ3n) is 1.95. The molecule has 0 aromatic heterocycles. The lowest BCUT2D eigenvalue weighted by Gasteiger charge is -2.11. The number of nitrogens with one attached hydrogen (secondary N) is 1. The van der Waals surface area contributed by atoms with Gasteiger partial charge in [-0.1, -0.05) is 19.8 Å². The summed E-state index contributed by atoms with van der Waals surface area (Å²) in [6.45, 7) is 5.41. The van der Waals surface area contributed by atoms with Crippen molar-refractivity contribution in [2.45, 2.75) is 52.0 Å². The fourth-order valence-electron chi connectivity index (χ4n) is 1.13. The SMILES string of the molecule is CCCCC(C)NCCCC#N. The van der Waals surface area contributed by atoms with Crippen LogP contribution < -0.4 is 5.32 Å². The Morgan fingerprint density at radius 1 is 1.42 bits per heavy atom. The van der Waals surface area contributed by atoms with Crippen LogP contribution in [0.2, 0.25) is 0 Å². The molecule has 0 radical (unpaired) electrons. The molecule has 1 atom stereocenters. The second-order valence-corrected chi connectivity index (χ2v) is 3.26. The van der Waals surface area contributed by atoms with Crippen LogP contribution in [-0.2, 0) is 0 Å². The van der Waals surface area contributed by atoms with Crippen LogP contribution in [0.3, 0.4) is 0 Å². The number of rotatable bonds is 7. The first-order chi connectivity index (χ1) is 5.81. The number of nitriles is 1. The zero-order chi connectivity index (χ0) is 9.23. The van der Waals surface area contributed by atoms with Crippen LogP contribution in [-0.4, -0.2) is 12.6 Å². The first kappa shape index (κ1) is 11.4. The topological polar surface area (TPSA) is 35.8 Å². The summed E-state index contributed by atoms with van der Waals surface area (Å²) in [6, 6.07) is 2.76. The lowest BCUT2D eigenvalue weighted by atomic mass is 10.1. The van der Waals surface area contributed by atoms with Crippen molar-refractivity contribution >= 4 is 0 Å². The minimum atomic E-state index is 0.614. The summed E-state index contributed by atoms with van der Waals surface area (Å²) in [5, 5.41) is 11.7. The van der Waals surface area contributed by atoms with Crippen LogP contribution >= 0.6 is 0 Å². The number of hydrogen-bond acceptors (Lipinski definition) is 2. The molecule has 0 saturated heterocycles. The molecule has 2 heteroatoms. The van der Waals surface area contributed by atoms with E-state index < -0.39 is 0 Å². The Kier molecular flexibility index (Phi) is 8.15. The van der Waals surface area contributed by atoms with E-state index in [0.29, 0.717) is 12.5 Å². The Balaban J connectivity index is 3.09. The van der Waals surface area contributed by atoms with Crippen LogP contribution in [0.1, 0.15) is 46.0 Å². The second kappa shape index (κ2) is 8.55. The van der Waals surface area contributed by atoms with E-state index in [4.69, 9.17) is 5.26 Å². The summed E-state index contributed by atoms with van der Waals surface area (Å²) in [7, 11) is 0. The molecule has 0 bridgehead atoms. The van der Waals surface area contributed by atoms with Gasteiger partial charge in [-0.05, 0) is 26.3 Å². The van der Waals surface area contributed by atoms with Crippen molar-refractivity contribution in [2.24, 2.45) is 0 Å². The van der Waals surface area contributed by atoms with Gasteiger partial charge >= 0.3 is 0 Å². The fourth-order valence-corrected chi connectivity index (χ4v) is 1.13. The Hall–Kier alpha value is -0.550. The van der Waals surface area contributed by atoms with Gasteiger partial charge in [-0.2, -0.15) is 5.26 Å². The Morgan fingerprint density at radius 3 is 2.75 bits per heavy atom. The molecule has 0 aliphatic heterocycles. The maximum atomic E-state index is 8.30. The molecule has 0 amide bonds. The van der Waals surface area contributed by atoms with E-state index >= 15 is 0 Å². The van der Waals surface area contributed by atoms with Gasteiger partial charge in [-0.15, -0.1) is 0 Å². The molecule has 1 unspecified atom stereocenters. The molecule has 70 valence electrons. The maximum absolute atomic E-state index is 8.30. The molecule has 0 heterocycles. The average molecular weight is 168 g/mol. The highest BCUT2D eigenvalue weighted by Gasteiger charge is 1.98. The third-order valence-corrected chi connectivity index (χ3v) is 1.95. The Morgan fingerprint density at radius 2 is 2.17 bits per heavy atom. The molecule has 0 rings (SSSR count). The lowest BCUT2D eigenvalue weighted by Crippen LogP contribution is -2.26. The van der Waals surface area contributed by atoms with Crippen molar-refractivity contribution < 1.29 is 0 Å². The Bertz CT molecular complexity index is 126. The molecule has 12 heavy (non-hydrogen) atoms. The van der Waals surface area contributed by atoms with Crippen molar-refractivity contribution in [3.8, 4) is 6.07 Å². The van der Waals surface area contributed by atoms with Crippen LogP contribution in [0.5, 0.6) is 0 Å². The summed E-state index contributed by atoms with van der Waals surface area (Å²) in [4.78, 5) is 0. The van der Waals surface area contributed by atoms with Crippen molar-refractivity contribution in [3.05, 3.63) is 0 Å². The zero-order valence-electron chi connectivity index (χ0n) is 8.27. The van der Waals surface area contributed by atoms with E-state index in [1.165, 1.54) is 19.3 Å². The molecule has 0 aromatic carbocycles. The van der Waals surface area contributed by atoms with E-state index in [9.17, 15) is 0 Å². The highest BCUT2D eigenvalue weighted by molar-refractivity contribution is 4.70. The van der Waals surface area contributed by atoms with Gasteiger partial charge in [0.2, 0.25) is 0 Å². The van der Waals surface area contributed by atoms with E-state index in [0.717, 1.165) is 13.0 Å². The predicted octanol–water partition coefficient (Wildman–Crippen LogP) is 2.46. The molecule has 0 spiro atoms. The van der Waals surface area contributed by atoms with Gasteiger partial charge in [-0.25, -0.2) is 0 Å². The summed E-state index contributed by atoms with van der Waals surface area (Å²) in [5.74, 6) is 0. The predicted molar refractivity (Wildman–Crippen MR) is 51.8 cm³/mol.